The van der Waals surface area contributed by atoms with Crippen LogP contribution in [0, 0.1) is 6.92 Å². The van der Waals surface area contributed by atoms with Gasteiger partial charge in [-0.2, -0.15) is 5.10 Å². The van der Waals surface area contributed by atoms with Crippen LogP contribution >= 0.6 is 15.9 Å². The standard InChI is InChI=1S/C13H18BrN5/c1-7-8(6-16-19(7)5)12-17-10(13(2,3)4)9(14)11(15)18-12/h6H,1-5H3,(H2,15,17,18). The molecule has 0 bridgehead atoms. The molecule has 0 amide bonds. The molecule has 0 saturated heterocycles. The summed E-state index contributed by atoms with van der Waals surface area (Å²) >= 11 is 3.48. The molecule has 0 aromatic carbocycles. The molecule has 0 saturated carbocycles. The Hall–Kier alpha value is -1.43. The predicted molar refractivity (Wildman–Crippen MR) is 79.8 cm³/mol. The van der Waals surface area contributed by atoms with E-state index in [0.717, 1.165) is 21.4 Å². The molecule has 5 nitrogen and oxygen atoms in total. The zero-order valence-electron chi connectivity index (χ0n) is 11.8. The van der Waals surface area contributed by atoms with Crippen LogP contribution in [0.15, 0.2) is 10.7 Å². The molecule has 0 unspecified atom stereocenters. The van der Waals surface area contributed by atoms with Crippen LogP contribution < -0.4 is 5.73 Å². The lowest BCUT2D eigenvalue weighted by molar-refractivity contribution is 0.564. The molecular formula is C13H18BrN5. The van der Waals surface area contributed by atoms with Gasteiger partial charge in [0.1, 0.15) is 5.82 Å². The fourth-order valence-electron chi connectivity index (χ4n) is 1.80. The van der Waals surface area contributed by atoms with E-state index in [1.807, 2.05) is 14.0 Å². The smallest absolute Gasteiger partial charge is 0.165 e. The van der Waals surface area contributed by atoms with Crippen molar-refractivity contribution in [3.8, 4) is 11.4 Å². The quantitative estimate of drug-likeness (QED) is 0.876. The molecule has 19 heavy (non-hydrogen) atoms. The van der Waals surface area contributed by atoms with Crippen LogP contribution in [-0.4, -0.2) is 19.7 Å². The summed E-state index contributed by atoms with van der Waals surface area (Å²) in [5.74, 6) is 1.08. The number of hydrogen-bond donors (Lipinski definition) is 1. The molecule has 0 aliphatic carbocycles. The molecule has 0 aliphatic heterocycles. The van der Waals surface area contributed by atoms with Crippen molar-refractivity contribution in [1.29, 1.82) is 0 Å². The lowest BCUT2D eigenvalue weighted by Crippen LogP contribution is -2.17. The third-order valence-corrected chi connectivity index (χ3v) is 3.85. The van der Waals surface area contributed by atoms with E-state index in [-0.39, 0.29) is 5.41 Å². The fraction of sp³-hybridized carbons (Fsp3) is 0.462. The van der Waals surface area contributed by atoms with Crippen molar-refractivity contribution in [1.82, 2.24) is 19.7 Å². The summed E-state index contributed by atoms with van der Waals surface area (Å²) < 4.78 is 2.57. The zero-order valence-corrected chi connectivity index (χ0v) is 13.4. The summed E-state index contributed by atoms with van der Waals surface area (Å²) in [6.07, 6.45) is 1.77. The molecule has 2 rings (SSSR count). The Bertz CT molecular complexity index is 625. The van der Waals surface area contributed by atoms with Crippen LogP contribution in [0.1, 0.15) is 32.2 Å². The second-order valence-electron chi connectivity index (χ2n) is 5.61. The van der Waals surface area contributed by atoms with Gasteiger partial charge in [-0.25, -0.2) is 9.97 Å². The van der Waals surface area contributed by atoms with E-state index in [9.17, 15) is 0 Å². The molecule has 0 atom stereocenters. The van der Waals surface area contributed by atoms with Gasteiger partial charge in [0.05, 0.1) is 21.9 Å². The van der Waals surface area contributed by atoms with Crippen molar-refractivity contribution in [2.75, 3.05) is 5.73 Å². The number of rotatable bonds is 1. The van der Waals surface area contributed by atoms with Gasteiger partial charge in [-0.3, -0.25) is 4.68 Å². The summed E-state index contributed by atoms with van der Waals surface area (Å²) in [4.78, 5) is 9.02. The Morgan fingerprint density at radius 3 is 2.37 bits per heavy atom. The second kappa shape index (κ2) is 4.59. The van der Waals surface area contributed by atoms with Crippen molar-refractivity contribution in [3.05, 3.63) is 22.1 Å². The maximum Gasteiger partial charge on any atom is 0.165 e. The van der Waals surface area contributed by atoms with E-state index in [0.29, 0.717) is 11.6 Å². The van der Waals surface area contributed by atoms with Crippen LogP contribution in [-0.2, 0) is 12.5 Å². The Kier molecular flexibility index (Phi) is 3.38. The van der Waals surface area contributed by atoms with E-state index >= 15 is 0 Å². The number of nitrogens with zero attached hydrogens (tertiary/aromatic N) is 4. The maximum atomic E-state index is 5.99. The van der Waals surface area contributed by atoms with E-state index < -0.39 is 0 Å². The van der Waals surface area contributed by atoms with Gasteiger partial charge in [0, 0.05) is 18.2 Å². The first-order chi connectivity index (χ1) is 8.71. The molecule has 0 spiro atoms. The number of aromatic nitrogens is 4. The lowest BCUT2D eigenvalue weighted by atomic mass is 9.91. The first kappa shape index (κ1) is 14.0. The van der Waals surface area contributed by atoms with Crippen molar-refractivity contribution < 1.29 is 0 Å². The molecule has 2 aromatic rings. The van der Waals surface area contributed by atoms with Crippen LogP contribution in [0.3, 0.4) is 0 Å². The minimum atomic E-state index is -0.110. The second-order valence-corrected chi connectivity index (χ2v) is 6.41. The van der Waals surface area contributed by atoms with Crippen molar-refractivity contribution in [3.63, 3.8) is 0 Å². The number of halogens is 1. The van der Waals surface area contributed by atoms with Gasteiger partial charge < -0.3 is 5.73 Å². The van der Waals surface area contributed by atoms with Gasteiger partial charge in [0.15, 0.2) is 5.82 Å². The van der Waals surface area contributed by atoms with Gasteiger partial charge in [0.2, 0.25) is 0 Å². The van der Waals surface area contributed by atoms with Gasteiger partial charge >= 0.3 is 0 Å². The average molecular weight is 324 g/mol. The minimum absolute atomic E-state index is 0.110. The minimum Gasteiger partial charge on any atom is -0.383 e. The largest absolute Gasteiger partial charge is 0.383 e. The van der Waals surface area contributed by atoms with Crippen molar-refractivity contribution in [2.24, 2.45) is 7.05 Å². The molecule has 6 heteroatoms. The summed E-state index contributed by atoms with van der Waals surface area (Å²) in [6.45, 7) is 8.28. The summed E-state index contributed by atoms with van der Waals surface area (Å²) in [7, 11) is 1.89. The molecule has 2 N–H and O–H groups in total. The number of nitrogens with two attached hydrogens (primary N) is 1. The third kappa shape index (κ3) is 2.49. The Morgan fingerprint density at radius 1 is 1.26 bits per heavy atom. The van der Waals surface area contributed by atoms with Crippen LogP contribution in [0.2, 0.25) is 0 Å². The highest BCUT2D eigenvalue weighted by Crippen LogP contribution is 2.33. The normalized spacial score (nSPS) is 11.9. The first-order valence-electron chi connectivity index (χ1n) is 6.04. The topological polar surface area (TPSA) is 69.6 Å². The SMILES string of the molecule is Cc1c(-c2nc(N)c(Br)c(C(C)(C)C)n2)cnn1C. The summed E-state index contributed by atoms with van der Waals surface area (Å²) in [5, 5.41) is 4.22. The highest BCUT2D eigenvalue weighted by atomic mass is 79.9. The van der Waals surface area contributed by atoms with Gasteiger partial charge in [-0.15, -0.1) is 0 Å². The van der Waals surface area contributed by atoms with E-state index in [2.05, 4.69) is 51.8 Å². The van der Waals surface area contributed by atoms with Gasteiger partial charge in [0.25, 0.3) is 0 Å². The molecule has 102 valence electrons. The number of hydrogen-bond acceptors (Lipinski definition) is 4. The first-order valence-corrected chi connectivity index (χ1v) is 6.83. The van der Waals surface area contributed by atoms with Gasteiger partial charge in [-0.1, -0.05) is 20.8 Å². The summed E-state index contributed by atoms with van der Waals surface area (Å²) in [5.41, 5.74) is 8.70. The molecule has 0 aliphatic rings. The highest BCUT2D eigenvalue weighted by molar-refractivity contribution is 9.10. The van der Waals surface area contributed by atoms with Crippen LogP contribution in [0.5, 0.6) is 0 Å². The Morgan fingerprint density at radius 2 is 1.89 bits per heavy atom. The van der Waals surface area contributed by atoms with Gasteiger partial charge in [-0.05, 0) is 22.9 Å². The molecule has 0 radical (unpaired) electrons. The Balaban J connectivity index is 2.67. The summed E-state index contributed by atoms with van der Waals surface area (Å²) in [6, 6.07) is 0. The zero-order chi connectivity index (χ0) is 14.4. The Labute approximate surface area is 121 Å². The maximum absolute atomic E-state index is 5.99. The van der Waals surface area contributed by atoms with Crippen molar-refractivity contribution >= 4 is 21.7 Å². The number of aryl methyl sites for hydroxylation is 1. The fourth-order valence-corrected chi connectivity index (χ4v) is 2.57. The highest BCUT2D eigenvalue weighted by Gasteiger charge is 2.23. The molecule has 2 aromatic heterocycles. The van der Waals surface area contributed by atoms with Crippen LogP contribution in [0.4, 0.5) is 5.82 Å². The average Bonchev–Trinajstić information content (AvgIpc) is 2.62. The molecular weight excluding hydrogens is 306 g/mol. The third-order valence-electron chi connectivity index (χ3n) is 3.06. The molecule has 2 heterocycles. The predicted octanol–water partition coefficient (Wildman–Crippen LogP) is 2.83. The number of anilines is 1. The van der Waals surface area contributed by atoms with Crippen LogP contribution in [0.25, 0.3) is 11.4 Å². The van der Waals surface area contributed by atoms with E-state index in [4.69, 9.17) is 5.73 Å². The number of nitrogen functional groups attached to an aromatic ring is 1. The van der Waals surface area contributed by atoms with E-state index in [1.165, 1.54) is 0 Å². The van der Waals surface area contributed by atoms with Crippen molar-refractivity contribution in [2.45, 2.75) is 33.1 Å². The monoisotopic (exact) mass is 323 g/mol. The van der Waals surface area contributed by atoms with E-state index in [1.54, 1.807) is 10.9 Å². The lowest BCUT2D eigenvalue weighted by Gasteiger charge is -2.20. The molecule has 0 fully saturated rings.